The van der Waals surface area contributed by atoms with Crippen molar-refractivity contribution in [2.75, 3.05) is 23.9 Å². The van der Waals surface area contributed by atoms with Crippen molar-refractivity contribution in [1.29, 1.82) is 0 Å². The van der Waals surface area contributed by atoms with Gasteiger partial charge in [-0.25, -0.2) is 15.8 Å². The minimum absolute atomic E-state index is 0.0716. The first-order valence-electron chi connectivity index (χ1n) is 4.52. The van der Waals surface area contributed by atoms with Crippen molar-refractivity contribution < 1.29 is 13.2 Å². The molecule has 0 bridgehead atoms. The fraction of sp³-hybridized carbons (Fsp3) is 0.500. The zero-order chi connectivity index (χ0) is 12.3. The van der Waals surface area contributed by atoms with Gasteiger partial charge in [0.1, 0.15) is 11.6 Å². The van der Waals surface area contributed by atoms with E-state index in [-0.39, 0.29) is 11.6 Å². The molecule has 0 amide bonds. The molecule has 8 heteroatoms. The molecule has 0 spiro atoms. The molecular formula is C8H12F3N5. The van der Waals surface area contributed by atoms with E-state index in [2.05, 4.69) is 15.4 Å². The smallest absolute Gasteiger partial charge is 0.360 e. The van der Waals surface area contributed by atoms with Crippen LogP contribution in [0.3, 0.4) is 0 Å². The van der Waals surface area contributed by atoms with E-state index < -0.39 is 12.0 Å². The molecule has 0 radical (unpaired) electrons. The van der Waals surface area contributed by atoms with Gasteiger partial charge in [-0.05, 0) is 6.92 Å². The maximum Gasteiger partial charge on any atom is 0.451 e. The molecule has 1 rings (SSSR count). The van der Waals surface area contributed by atoms with Crippen molar-refractivity contribution in [1.82, 2.24) is 9.97 Å². The Hall–Kier alpha value is -1.57. The summed E-state index contributed by atoms with van der Waals surface area (Å²) >= 11 is 0. The zero-order valence-electron chi connectivity index (χ0n) is 8.84. The highest BCUT2D eigenvalue weighted by Crippen LogP contribution is 2.28. The standard InChI is InChI=1S/C8H12F3N5/c1-3-16(2)6-4-5(15-12)13-7(14-6)8(9,10)11/h4H,3,12H2,1-2H3,(H,13,14,15). The van der Waals surface area contributed by atoms with Crippen molar-refractivity contribution in [3.63, 3.8) is 0 Å². The lowest BCUT2D eigenvalue weighted by molar-refractivity contribution is -0.144. The third kappa shape index (κ3) is 2.72. The van der Waals surface area contributed by atoms with Gasteiger partial charge >= 0.3 is 6.18 Å². The van der Waals surface area contributed by atoms with Gasteiger partial charge in [0.25, 0.3) is 0 Å². The summed E-state index contributed by atoms with van der Waals surface area (Å²) in [6.07, 6.45) is -4.59. The Morgan fingerprint density at radius 1 is 1.44 bits per heavy atom. The molecule has 0 atom stereocenters. The molecule has 1 heterocycles. The van der Waals surface area contributed by atoms with Gasteiger partial charge in [0.2, 0.25) is 5.82 Å². The van der Waals surface area contributed by atoms with Crippen LogP contribution in [0.5, 0.6) is 0 Å². The number of nitrogen functional groups attached to an aromatic ring is 1. The molecular weight excluding hydrogens is 223 g/mol. The molecule has 1 aromatic rings. The Morgan fingerprint density at radius 3 is 2.50 bits per heavy atom. The maximum absolute atomic E-state index is 12.4. The van der Waals surface area contributed by atoms with Gasteiger partial charge in [-0.1, -0.05) is 0 Å². The van der Waals surface area contributed by atoms with Crippen molar-refractivity contribution in [3.05, 3.63) is 11.9 Å². The van der Waals surface area contributed by atoms with Crippen molar-refractivity contribution in [3.8, 4) is 0 Å². The van der Waals surface area contributed by atoms with Crippen LogP contribution in [0.2, 0.25) is 0 Å². The van der Waals surface area contributed by atoms with Crippen LogP contribution in [0, 0.1) is 0 Å². The summed E-state index contributed by atoms with van der Waals surface area (Å²) in [6, 6.07) is 1.35. The van der Waals surface area contributed by atoms with Crippen molar-refractivity contribution in [2.24, 2.45) is 5.84 Å². The molecule has 90 valence electrons. The lowest BCUT2D eigenvalue weighted by Crippen LogP contribution is -2.22. The second-order valence-corrected chi connectivity index (χ2v) is 3.09. The van der Waals surface area contributed by atoms with E-state index in [0.717, 1.165) is 0 Å². The third-order valence-corrected chi connectivity index (χ3v) is 1.98. The SMILES string of the molecule is CCN(C)c1cc(NN)nc(C(F)(F)F)n1. The summed E-state index contributed by atoms with van der Waals surface area (Å²) in [7, 11) is 1.63. The molecule has 0 saturated heterocycles. The zero-order valence-corrected chi connectivity index (χ0v) is 8.84. The van der Waals surface area contributed by atoms with E-state index in [9.17, 15) is 13.2 Å². The molecule has 1 aromatic heterocycles. The average molecular weight is 235 g/mol. The molecule has 16 heavy (non-hydrogen) atoms. The summed E-state index contributed by atoms with van der Waals surface area (Å²) in [5.41, 5.74) is 2.08. The molecule has 0 aliphatic heterocycles. The van der Waals surface area contributed by atoms with Crippen molar-refractivity contribution >= 4 is 11.6 Å². The van der Waals surface area contributed by atoms with Gasteiger partial charge in [-0.15, -0.1) is 0 Å². The minimum Gasteiger partial charge on any atom is -0.360 e. The molecule has 0 fully saturated rings. The number of nitrogens with two attached hydrogens (primary N) is 1. The lowest BCUT2D eigenvalue weighted by Gasteiger charge is -2.17. The Labute approximate surface area is 90.4 Å². The van der Waals surface area contributed by atoms with Gasteiger partial charge in [0, 0.05) is 19.7 Å². The normalized spacial score (nSPS) is 11.4. The van der Waals surface area contributed by atoms with E-state index in [0.29, 0.717) is 6.54 Å². The quantitative estimate of drug-likeness (QED) is 0.609. The van der Waals surface area contributed by atoms with Gasteiger partial charge in [0.15, 0.2) is 0 Å². The summed E-state index contributed by atoms with van der Waals surface area (Å²) < 4.78 is 37.3. The summed E-state index contributed by atoms with van der Waals surface area (Å²) in [5.74, 6) is 3.93. The second kappa shape index (κ2) is 4.52. The van der Waals surface area contributed by atoms with E-state index in [1.807, 2.05) is 0 Å². The van der Waals surface area contributed by atoms with Gasteiger partial charge < -0.3 is 10.3 Å². The second-order valence-electron chi connectivity index (χ2n) is 3.09. The van der Waals surface area contributed by atoms with E-state index in [4.69, 9.17) is 5.84 Å². The monoisotopic (exact) mass is 235 g/mol. The van der Waals surface area contributed by atoms with E-state index in [1.165, 1.54) is 6.07 Å². The largest absolute Gasteiger partial charge is 0.451 e. The number of anilines is 2. The fourth-order valence-corrected chi connectivity index (χ4v) is 0.993. The number of rotatable bonds is 3. The van der Waals surface area contributed by atoms with Crippen LogP contribution in [-0.4, -0.2) is 23.6 Å². The van der Waals surface area contributed by atoms with Crippen LogP contribution in [0.1, 0.15) is 12.7 Å². The third-order valence-electron chi connectivity index (χ3n) is 1.98. The molecule has 0 aromatic carbocycles. The number of nitrogens with one attached hydrogen (secondary N) is 1. The summed E-state index contributed by atoms with van der Waals surface area (Å²) in [4.78, 5) is 8.21. The van der Waals surface area contributed by atoms with Crippen molar-refractivity contribution in [2.45, 2.75) is 13.1 Å². The van der Waals surface area contributed by atoms with E-state index in [1.54, 1.807) is 18.9 Å². The van der Waals surface area contributed by atoms with Crippen LogP contribution >= 0.6 is 0 Å². The first kappa shape index (κ1) is 12.5. The average Bonchev–Trinajstić information content (AvgIpc) is 2.26. The molecule has 5 nitrogen and oxygen atoms in total. The molecule has 0 unspecified atom stereocenters. The van der Waals surface area contributed by atoms with Crippen LogP contribution in [0.15, 0.2) is 6.07 Å². The summed E-state index contributed by atoms with van der Waals surface area (Å²) in [6.45, 7) is 2.32. The van der Waals surface area contributed by atoms with Crippen LogP contribution in [-0.2, 0) is 6.18 Å². The Balaban J connectivity index is 3.21. The number of hydrogen-bond acceptors (Lipinski definition) is 5. The van der Waals surface area contributed by atoms with Gasteiger partial charge in [-0.3, -0.25) is 0 Å². The molecule has 0 aliphatic carbocycles. The number of nitrogens with zero attached hydrogens (tertiary/aromatic N) is 3. The van der Waals surface area contributed by atoms with Crippen LogP contribution in [0.4, 0.5) is 24.8 Å². The number of halogens is 3. The van der Waals surface area contributed by atoms with Crippen LogP contribution < -0.4 is 16.2 Å². The number of alkyl halides is 3. The highest BCUT2D eigenvalue weighted by molar-refractivity contribution is 5.48. The van der Waals surface area contributed by atoms with E-state index >= 15 is 0 Å². The number of aromatic nitrogens is 2. The summed E-state index contributed by atoms with van der Waals surface area (Å²) in [5, 5.41) is 0. The molecule has 0 saturated carbocycles. The predicted molar refractivity (Wildman–Crippen MR) is 53.8 cm³/mol. The Kier molecular flexibility index (Phi) is 3.53. The topological polar surface area (TPSA) is 67.1 Å². The molecule has 0 aliphatic rings. The number of hydrazine groups is 1. The lowest BCUT2D eigenvalue weighted by atomic mass is 10.4. The first-order chi connectivity index (χ1) is 7.38. The minimum atomic E-state index is -4.59. The maximum atomic E-state index is 12.4. The first-order valence-corrected chi connectivity index (χ1v) is 4.52. The van der Waals surface area contributed by atoms with Gasteiger partial charge in [0.05, 0.1) is 0 Å². The number of hydrogen-bond donors (Lipinski definition) is 2. The Bertz CT molecular complexity index is 365. The highest BCUT2D eigenvalue weighted by Gasteiger charge is 2.35. The van der Waals surface area contributed by atoms with Gasteiger partial charge in [-0.2, -0.15) is 13.2 Å². The molecule has 3 N–H and O–H groups in total. The fourth-order valence-electron chi connectivity index (χ4n) is 0.993. The predicted octanol–water partition coefficient (Wildman–Crippen LogP) is 1.24. The highest BCUT2D eigenvalue weighted by atomic mass is 19.4. The Morgan fingerprint density at radius 2 is 2.06 bits per heavy atom. The van der Waals surface area contributed by atoms with Crippen LogP contribution in [0.25, 0.3) is 0 Å².